The third-order valence-corrected chi connectivity index (χ3v) is 4.28. The van der Waals surface area contributed by atoms with Gasteiger partial charge in [0.05, 0.1) is 16.7 Å². The van der Waals surface area contributed by atoms with E-state index in [9.17, 15) is 8.42 Å². The first-order valence-electron chi connectivity index (χ1n) is 6.73. The van der Waals surface area contributed by atoms with Crippen molar-refractivity contribution in [1.82, 2.24) is 0 Å². The summed E-state index contributed by atoms with van der Waals surface area (Å²) in [5.74, 6) is 0.653. The molecular weight excluding hydrogens is 286 g/mol. The number of sulfonamides is 1. The van der Waals surface area contributed by atoms with E-state index in [1.165, 1.54) is 0 Å². The predicted molar refractivity (Wildman–Crippen MR) is 84.2 cm³/mol. The Balaban J connectivity index is 2.22. The average molecular weight is 305 g/mol. The zero-order chi connectivity index (χ0) is 15.5. The normalized spacial score (nSPS) is 11.4. The molecule has 0 heterocycles. The fourth-order valence-electron chi connectivity index (χ4n) is 1.86. The molecule has 0 aliphatic heterocycles. The second kappa shape index (κ2) is 6.18. The minimum Gasteiger partial charge on any atom is -0.491 e. The quantitative estimate of drug-likeness (QED) is 0.918. The summed E-state index contributed by atoms with van der Waals surface area (Å²) in [6.45, 7) is 5.70. The van der Waals surface area contributed by atoms with Crippen LogP contribution in [0.2, 0.25) is 0 Å². The molecule has 0 bridgehead atoms. The Morgan fingerprint density at radius 3 is 2.19 bits per heavy atom. The maximum absolute atomic E-state index is 12.3. The Kier molecular flexibility index (Phi) is 4.53. The minimum absolute atomic E-state index is 0.0533. The molecule has 0 aliphatic rings. The lowest BCUT2D eigenvalue weighted by atomic mass is 10.2. The first kappa shape index (κ1) is 15.4. The van der Waals surface area contributed by atoms with Crippen LogP contribution >= 0.6 is 0 Å². The Morgan fingerprint density at radius 1 is 1.00 bits per heavy atom. The monoisotopic (exact) mass is 305 g/mol. The predicted octanol–water partition coefficient (Wildman–Crippen LogP) is 3.58. The fourth-order valence-corrected chi connectivity index (χ4v) is 2.99. The van der Waals surface area contributed by atoms with E-state index in [1.807, 2.05) is 32.9 Å². The van der Waals surface area contributed by atoms with E-state index in [1.54, 1.807) is 36.4 Å². The molecular formula is C16H19NO3S. The zero-order valence-electron chi connectivity index (χ0n) is 12.3. The van der Waals surface area contributed by atoms with Crippen LogP contribution in [-0.2, 0) is 10.0 Å². The number of nitrogens with one attached hydrogen (secondary N) is 1. The van der Waals surface area contributed by atoms with Crippen molar-refractivity contribution in [3.8, 4) is 5.75 Å². The standard InChI is InChI=1S/C16H19NO3S/c1-12(2)20-14-8-10-15(11-9-14)21(18,19)17-16-7-5-4-6-13(16)3/h4-12,17H,1-3H3. The van der Waals surface area contributed by atoms with Crippen LogP contribution in [0.1, 0.15) is 19.4 Å². The third-order valence-electron chi connectivity index (χ3n) is 2.90. The first-order valence-corrected chi connectivity index (χ1v) is 8.22. The Morgan fingerprint density at radius 2 is 1.62 bits per heavy atom. The van der Waals surface area contributed by atoms with Crippen LogP contribution in [-0.4, -0.2) is 14.5 Å². The number of ether oxygens (including phenoxy) is 1. The molecule has 0 atom stereocenters. The number of anilines is 1. The largest absolute Gasteiger partial charge is 0.491 e. The highest BCUT2D eigenvalue weighted by Crippen LogP contribution is 2.21. The number of aryl methyl sites for hydroxylation is 1. The molecule has 0 spiro atoms. The summed E-state index contributed by atoms with van der Waals surface area (Å²) in [4.78, 5) is 0.210. The molecule has 5 heteroatoms. The van der Waals surface area contributed by atoms with Crippen molar-refractivity contribution in [2.75, 3.05) is 4.72 Å². The van der Waals surface area contributed by atoms with E-state index >= 15 is 0 Å². The van der Waals surface area contributed by atoms with Gasteiger partial charge in [-0.2, -0.15) is 0 Å². The Labute approximate surface area is 125 Å². The van der Waals surface area contributed by atoms with Crippen molar-refractivity contribution < 1.29 is 13.2 Å². The van der Waals surface area contributed by atoms with Crippen LogP contribution in [0.15, 0.2) is 53.4 Å². The lowest BCUT2D eigenvalue weighted by Crippen LogP contribution is -2.13. The highest BCUT2D eigenvalue weighted by atomic mass is 32.2. The van der Waals surface area contributed by atoms with Crippen LogP contribution in [0.4, 0.5) is 5.69 Å². The molecule has 1 N–H and O–H groups in total. The summed E-state index contributed by atoms with van der Waals surface area (Å²) in [5.41, 5.74) is 1.46. The van der Waals surface area contributed by atoms with Crippen LogP contribution in [0, 0.1) is 6.92 Å². The number of benzene rings is 2. The van der Waals surface area contributed by atoms with Crippen LogP contribution < -0.4 is 9.46 Å². The molecule has 2 rings (SSSR count). The van der Waals surface area contributed by atoms with E-state index in [2.05, 4.69) is 4.72 Å². The van der Waals surface area contributed by atoms with E-state index in [0.717, 1.165) is 5.56 Å². The van der Waals surface area contributed by atoms with Crippen molar-refractivity contribution in [3.05, 3.63) is 54.1 Å². The van der Waals surface area contributed by atoms with Gasteiger partial charge in [0.25, 0.3) is 10.0 Å². The van der Waals surface area contributed by atoms with Gasteiger partial charge in [-0.15, -0.1) is 0 Å². The van der Waals surface area contributed by atoms with Gasteiger partial charge in [-0.3, -0.25) is 4.72 Å². The first-order chi connectivity index (χ1) is 9.88. The van der Waals surface area contributed by atoms with E-state index < -0.39 is 10.0 Å². The smallest absolute Gasteiger partial charge is 0.261 e. The van der Waals surface area contributed by atoms with Crippen molar-refractivity contribution in [2.45, 2.75) is 31.8 Å². The third kappa shape index (κ3) is 3.98. The van der Waals surface area contributed by atoms with Crippen LogP contribution in [0.25, 0.3) is 0 Å². The molecule has 0 saturated carbocycles. The minimum atomic E-state index is -3.59. The number of hydrogen-bond acceptors (Lipinski definition) is 3. The van der Waals surface area contributed by atoms with Gasteiger partial charge >= 0.3 is 0 Å². The molecule has 0 aromatic heterocycles. The maximum atomic E-state index is 12.3. The summed E-state index contributed by atoms with van der Waals surface area (Å²) in [5, 5.41) is 0. The fraction of sp³-hybridized carbons (Fsp3) is 0.250. The molecule has 112 valence electrons. The summed E-state index contributed by atoms with van der Waals surface area (Å²) in [7, 11) is -3.59. The van der Waals surface area contributed by atoms with Gasteiger partial charge in [-0.1, -0.05) is 18.2 Å². The summed E-state index contributed by atoms with van der Waals surface area (Å²) < 4.78 is 32.8. The summed E-state index contributed by atoms with van der Waals surface area (Å²) in [6.07, 6.45) is 0.0533. The van der Waals surface area contributed by atoms with Gasteiger partial charge < -0.3 is 4.74 Å². The average Bonchev–Trinajstić information content (AvgIpc) is 2.41. The molecule has 0 aliphatic carbocycles. The molecule has 0 unspecified atom stereocenters. The van der Waals surface area contributed by atoms with Crippen molar-refractivity contribution in [3.63, 3.8) is 0 Å². The van der Waals surface area contributed by atoms with Crippen LogP contribution in [0.3, 0.4) is 0 Å². The lowest BCUT2D eigenvalue weighted by Gasteiger charge is -2.12. The molecule has 0 amide bonds. The molecule has 2 aromatic rings. The van der Waals surface area contributed by atoms with Crippen molar-refractivity contribution in [1.29, 1.82) is 0 Å². The van der Waals surface area contributed by atoms with Crippen LogP contribution in [0.5, 0.6) is 5.75 Å². The number of hydrogen-bond donors (Lipinski definition) is 1. The molecule has 0 radical (unpaired) electrons. The molecule has 21 heavy (non-hydrogen) atoms. The van der Waals surface area contributed by atoms with Gasteiger partial charge in [0, 0.05) is 0 Å². The molecule has 0 saturated heterocycles. The summed E-state index contributed by atoms with van der Waals surface area (Å²) in [6, 6.07) is 13.7. The van der Waals surface area contributed by atoms with E-state index in [-0.39, 0.29) is 11.0 Å². The van der Waals surface area contributed by atoms with Crippen molar-refractivity contribution >= 4 is 15.7 Å². The number of para-hydroxylation sites is 1. The second-order valence-electron chi connectivity index (χ2n) is 5.06. The highest BCUT2D eigenvalue weighted by molar-refractivity contribution is 7.92. The van der Waals surface area contributed by atoms with Gasteiger partial charge in [-0.05, 0) is 56.7 Å². The number of rotatable bonds is 5. The zero-order valence-corrected chi connectivity index (χ0v) is 13.1. The lowest BCUT2D eigenvalue weighted by molar-refractivity contribution is 0.242. The van der Waals surface area contributed by atoms with Gasteiger partial charge in [0.2, 0.25) is 0 Å². The topological polar surface area (TPSA) is 55.4 Å². The second-order valence-corrected chi connectivity index (χ2v) is 6.74. The SMILES string of the molecule is Cc1ccccc1NS(=O)(=O)c1ccc(OC(C)C)cc1. The van der Waals surface area contributed by atoms with Gasteiger partial charge in [0.1, 0.15) is 5.75 Å². The van der Waals surface area contributed by atoms with E-state index in [0.29, 0.717) is 11.4 Å². The molecule has 2 aromatic carbocycles. The highest BCUT2D eigenvalue weighted by Gasteiger charge is 2.15. The van der Waals surface area contributed by atoms with Crippen molar-refractivity contribution in [2.24, 2.45) is 0 Å². The van der Waals surface area contributed by atoms with Gasteiger partial charge in [0.15, 0.2) is 0 Å². The Hall–Kier alpha value is -2.01. The van der Waals surface area contributed by atoms with Gasteiger partial charge in [-0.25, -0.2) is 8.42 Å². The molecule has 4 nitrogen and oxygen atoms in total. The Bertz CT molecular complexity index is 707. The maximum Gasteiger partial charge on any atom is 0.261 e. The van der Waals surface area contributed by atoms with E-state index in [4.69, 9.17) is 4.74 Å². The molecule has 0 fully saturated rings. The summed E-state index contributed by atoms with van der Waals surface area (Å²) >= 11 is 0.